The van der Waals surface area contributed by atoms with Gasteiger partial charge in [-0.1, -0.05) is 0 Å². The second-order valence-electron chi connectivity index (χ2n) is 6.50. The van der Waals surface area contributed by atoms with Crippen LogP contribution < -0.4 is 15.0 Å². The Morgan fingerprint density at radius 2 is 2.00 bits per heavy atom. The molecule has 2 amide bonds. The van der Waals surface area contributed by atoms with Gasteiger partial charge in [0.15, 0.2) is 6.61 Å². The minimum atomic E-state index is 0.00893. The maximum absolute atomic E-state index is 12.4. The van der Waals surface area contributed by atoms with Gasteiger partial charge in [-0.3, -0.25) is 9.59 Å². The molecule has 1 aromatic rings. The molecule has 0 aromatic heterocycles. The van der Waals surface area contributed by atoms with Gasteiger partial charge >= 0.3 is 0 Å². The number of nitrogens with one attached hydrogen (secondary N) is 1. The summed E-state index contributed by atoms with van der Waals surface area (Å²) in [5, 5.41) is 3.36. The zero-order chi connectivity index (χ0) is 17.1. The molecule has 130 valence electrons. The van der Waals surface area contributed by atoms with E-state index in [0.29, 0.717) is 24.8 Å². The van der Waals surface area contributed by atoms with Crippen molar-refractivity contribution >= 4 is 17.5 Å². The van der Waals surface area contributed by atoms with Crippen LogP contribution in [0.15, 0.2) is 24.3 Å². The molecule has 0 bridgehead atoms. The fourth-order valence-corrected chi connectivity index (χ4v) is 3.28. The van der Waals surface area contributed by atoms with Gasteiger partial charge in [-0.15, -0.1) is 0 Å². The number of amides is 2. The van der Waals surface area contributed by atoms with E-state index >= 15 is 0 Å². The van der Waals surface area contributed by atoms with Crippen LogP contribution in [0.4, 0.5) is 5.69 Å². The smallest absolute Gasteiger partial charge is 0.260 e. The van der Waals surface area contributed by atoms with Gasteiger partial charge in [0.25, 0.3) is 5.91 Å². The van der Waals surface area contributed by atoms with E-state index in [9.17, 15) is 9.59 Å². The Morgan fingerprint density at radius 3 is 2.67 bits per heavy atom. The Labute approximate surface area is 142 Å². The Hall–Kier alpha value is -2.08. The molecule has 2 aliphatic heterocycles. The molecule has 2 atom stereocenters. The van der Waals surface area contributed by atoms with Crippen LogP contribution in [-0.2, 0) is 9.59 Å². The zero-order valence-electron chi connectivity index (χ0n) is 14.3. The maximum atomic E-state index is 12.4. The number of rotatable bonds is 4. The number of piperazine rings is 1. The van der Waals surface area contributed by atoms with Crippen molar-refractivity contribution in [3.05, 3.63) is 24.3 Å². The topological polar surface area (TPSA) is 61.9 Å². The fourth-order valence-electron chi connectivity index (χ4n) is 3.28. The second-order valence-corrected chi connectivity index (χ2v) is 6.50. The molecule has 24 heavy (non-hydrogen) atoms. The van der Waals surface area contributed by atoms with Crippen LogP contribution in [-0.4, -0.2) is 55.0 Å². The van der Waals surface area contributed by atoms with Crippen LogP contribution in [0.25, 0.3) is 0 Å². The third-order valence-electron chi connectivity index (χ3n) is 4.94. The summed E-state index contributed by atoms with van der Waals surface area (Å²) in [5.74, 6) is 0.824. The summed E-state index contributed by atoms with van der Waals surface area (Å²) in [6.45, 7) is 6.48. The second kappa shape index (κ2) is 7.21. The highest BCUT2D eigenvalue weighted by Crippen LogP contribution is 2.24. The first-order valence-electron chi connectivity index (χ1n) is 8.62. The lowest BCUT2D eigenvalue weighted by Gasteiger charge is -2.38. The summed E-state index contributed by atoms with van der Waals surface area (Å²) in [6, 6.07) is 7.84. The molecule has 2 aliphatic rings. The van der Waals surface area contributed by atoms with E-state index in [0.717, 1.165) is 25.2 Å². The monoisotopic (exact) mass is 331 g/mol. The molecule has 0 radical (unpaired) electrons. The third-order valence-corrected chi connectivity index (χ3v) is 4.94. The van der Waals surface area contributed by atoms with Gasteiger partial charge in [0.05, 0.1) is 0 Å². The number of ether oxygens (including phenoxy) is 1. The highest BCUT2D eigenvalue weighted by molar-refractivity contribution is 5.95. The number of carbonyl (C=O) groups excluding carboxylic acids is 2. The zero-order valence-corrected chi connectivity index (χ0v) is 14.3. The predicted molar refractivity (Wildman–Crippen MR) is 92.2 cm³/mol. The van der Waals surface area contributed by atoms with E-state index in [-0.39, 0.29) is 24.5 Å². The van der Waals surface area contributed by atoms with Crippen LogP contribution in [0.5, 0.6) is 5.75 Å². The van der Waals surface area contributed by atoms with E-state index in [1.807, 2.05) is 29.2 Å². The molecule has 2 heterocycles. The van der Waals surface area contributed by atoms with E-state index < -0.39 is 0 Å². The number of carbonyl (C=O) groups is 2. The molecule has 0 spiro atoms. The number of anilines is 1. The van der Waals surface area contributed by atoms with Crippen LogP contribution in [0.3, 0.4) is 0 Å². The van der Waals surface area contributed by atoms with Crippen molar-refractivity contribution in [1.82, 2.24) is 10.2 Å². The van der Waals surface area contributed by atoms with Crippen molar-refractivity contribution in [2.24, 2.45) is 0 Å². The van der Waals surface area contributed by atoms with Crippen molar-refractivity contribution in [3.63, 3.8) is 0 Å². The molecule has 2 saturated heterocycles. The molecule has 0 saturated carbocycles. The normalized spacial score (nSPS) is 24.3. The highest BCUT2D eigenvalue weighted by Gasteiger charge is 2.28. The molecular formula is C18H25N3O3. The standard InChI is InChI=1S/C18H25N3O3/c1-13-14(2)20(11-9-19-13)18(23)12-24-16-7-5-15(6-8-16)21-10-3-4-17(21)22/h5-8,13-14,19H,3-4,9-12H2,1-2H3. The van der Waals surface area contributed by atoms with E-state index in [1.165, 1.54) is 0 Å². The summed E-state index contributed by atoms with van der Waals surface area (Å²) < 4.78 is 5.63. The Balaban J connectivity index is 1.54. The molecule has 6 nitrogen and oxygen atoms in total. The number of hydrogen-bond acceptors (Lipinski definition) is 4. The lowest BCUT2D eigenvalue weighted by atomic mass is 10.1. The quantitative estimate of drug-likeness (QED) is 0.906. The predicted octanol–water partition coefficient (Wildman–Crippen LogP) is 1.40. The fraction of sp³-hybridized carbons (Fsp3) is 0.556. The highest BCUT2D eigenvalue weighted by atomic mass is 16.5. The third kappa shape index (κ3) is 3.53. The van der Waals surface area contributed by atoms with E-state index in [2.05, 4.69) is 19.2 Å². The molecule has 1 aromatic carbocycles. The molecule has 0 aliphatic carbocycles. The molecular weight excluding hydrogens is 306 g/mol. The van der Waals surface area contributed by atoms with Crippen molar-refractivity contribution in [2.75, 3.05) is 31.1 Å². The average Bonchev–Trinajstić information content (AvgIpc) is 3.02. The van der Waals surface area contributed by atoms with Crippen molar-refractivity contribution in [2.45, 2.75) is 38.8 Å². The number of benzene rings is 1. The molecule has 1 N–H and O–H groups in total. The molecule has 2 unspecified atom stereocenters. The van der Waals surface area contributed by atoms with E-state index in [1.54, 1.807) is 4.90 Å². The summed E-state index contributed by atoms with van der Waals surface area (Å²) in [4.78, 5) is 27.8. The van der Waals surface area contributed by atoms with Gasteiger partial charge in [-0.25, -0.2) is 0 Å². The maximum Gasteiger partial charge on any atom is 0.260 e. The summed E-state index contributed by atoms with van der Waals surface area (Å²) in [6.07, 6.45) is 1.53. The largest absolute Gasteiger partial charge is 0.484 e. The Morgan fingerprint density at radius 1 is 1.25 bits per heavy atom. The molecule has 2 fully saturated rings. The van der Waals surface area contributed by atoms with Crippen LogP contribution in [0.1, 0.15) is 26.7 Å². The lowest BCUT2D eigenvalue weighted by Crippen LogP contribution is -2.58. The van der Waals surface area contributed by atoms with E-state index in [4.69, 9.17) is 4.74 Å². The van der Waals surface area contributed by atoms with Gasteiger partial charge in [-0.05, 0) is 44.5 Å². The first-order chi connectivity index (χ1) is 11.6. The first kappa shape index (κ1) is 16.8. The first-order valence-corrected chi connectivity index (χ1v) is 8.62. The van der Waals surface area contributed by atoms with Crippen LogP contribution in [0, 0.1) is 0 Å². The number of nitrogens with zero attached hydrogens (tertiary/aromatic N) is 2. The average molecular weight is 331 g/mol. The summed E-state index contributed by atoms with van der Waals surface area (Å²) in [7, 11) is 0. The van der Waals surface area contributed by atoms with Crippen LogP contribution in [0.2, 0.25) is 0 Å². The van der Waals surface area contributed by atoms with Crippen molar-refractivity contribution in [3.8, 4) is 5.75 Å². The van der Waals surface area contributed by atoms with Crippen LogP contribution >= 0.6 is 0 Å². The van der Waals surface area contributed by atoms with Gasteiger partial charge in [-0.2, -0.15) is 0 Å². The number of hydrogen-bond donors (Lipinski definition) is 1. The molecule has 3 rings (SSSR count). The van der Waals surface area contributed by atoms with Gasteiger partial charge < -0.3 is 19.9 Å². The van der Waals surface area contributed by atoms with Gasteiger partial charge in [0, 0.05) is 43.8 Å². The minimum Gasteiger partial charge on any atom is -0.484 e. The summed E-state index contributed by atoms with van der Waals surface area (Å²) >= 11 is 0. The van der Waals surface area contributed by atoms with Gasteiger partial charge in [0.2, 0.25) is 5.91 Å². The SMILES string of the molecule is CC1NCCN(C(=O)COc2ccc(N3CCCC3=O)cc2)C1C. The molecule has 6 heteroatoms. The van der Waals surface area contributed by atoms with Crippen molar-refractivity contribution < 1.29 is 14.3 Å². The van der Waals surface area contributed by atoms with Gasteiger partial charge in [0.1, 0.15) is 5.75 Å². The Bertz CT molecular complexity index is 602. The lowest BCUT2D eigenvalue weighted by molar-refractivity contribution is -0.137. The van der Waals surface area contributed by atoms with Crippen molar-refractivity contribution in [1.29, 1.82) is 0 Å². The summed E-state index contributed by atoms with van der Waals surface area (Å²) in [5.41, 5.74) is 0.890. The minimum absolute atomic E-state index is 0.00893. The Kier molecular flexibility index (Phi) is 5.04.